The lowest BCUT2D eigenvalue weighted by atomic mass is 9.93. The number of fused-ring (bicyclic) bond motifs is 2. The highest BCUT2D eigenvalue weighted by atomic mass is 35.5. The summed E-state index contributed by atoms with van der Waals surface area (Å²) in [6, 6.07) is 9.65. The number of nitrogens with one attached hydrogen (secondary N) is 2. The zero-order valence-electron chi connectivity index (χ0n) is 24.1. The van der Waals surface area contributed by atoms with Crippen LogP contribution in [0, 0.1) is 5.41 Å². The number of nitrogens with zero attached hydrogens (tertiary/aromatic N) is 2. The van der Waals surface area contributed by atoms with E-state index in [9.17, 15) is 9.59 Å². The number of amides is 1. The molecule has 0 radical (unpaired) electrons. The van der Waals surface area contributed by atoms with Crippen molar-refractivity contribution in [2.75, 3.05) is 34.3 Å². The number of halogens is 1. The number of carbonyl (C=O) groups excluding carboxylic acids is 2. The van der Waals surface area contributed by atoms with Crippen LogP contribution in [0.1, 0.15) is 56.1 Å². The molecule has 0 spiro atoms. The number of carbonyl (C=O) groups is 2. The van der Waals surface area contributed by atoms with E-state index in [1.54, 1.807) is 6.07 Å². The maximum Gasteiger partial charge on any atom is 0.419 e. The highest BCUT2D eigenvalue weighted by Crippen LogP contribution is 2.42. The molecule has 0 fully saturated rings. The molecule has 0 aliphatic carbocycles. The predicted octanol–water partition coefficient (Wildman–Crippen LogP) is 5.67. The van der Waals surface area contributed by atoms with Crippen LogP contribution in [-0.2, 0) is 17.8 Å². The molecule has 0 atom stereocenters. The Balaban J connectivity index is 1.80. The van der Waals surface area contributed by atoms with Gasteiger partial charge in [0.05, 0.1) is 28.9 Å². The van der Waals surface area contributed by atoms with Gasteiger partial charge in [0.2, 0.25) is 0 Å². The second kappa shape index (κ2) is 10.8. The first-order valence-electron chi connectivity index (χ1n) is 13.1. The molecule has 0 saturated heterocycles. The van der Waals surface area contributed by atoms with E-state index in [4.69, 9.17) is 21.1 Å². The van der Waals surface area contributed by atoms with E-state index in [2.05, 4.69) is 49.5 Å². The maximum absolute atomic E-state index is 13.6. The van der Waals surface area contributed by atoms with Crippen molar-refractivity contribution in [3.63, 3.8) is 0 Å². The third-order valence-corrected chi connectivity index (χ3v) is 7.01. The summed E-state index contributed by atoms with van der Waals surface area (Å²) in [4.78, 5) is 28.7. The molecule has 3 aromatic rings. The van der Waals surface area contributed by atoms with Crippen LogP contribution < -0.4 is 15.4 Å². The van der Waals surface area contributed by atoms with E-state index >= 15 is 0 Å². The van der Waals surface area contributed by atoms with E-state index in [1.807, 2.05) is 39.0 Å². The summed E-state index contributed by atoms with van der Waals surface area (Å²) >= 11 is 6.55. The Morgan fingerprint density at radius 2 is 1.87 bits per heavy atom. The van der Waals surface area contributed by atoms with Crippen LogP contribution >= 0.6 is 11.6 Å². The van der Waals surface area contributed by atoms with Crippen molar-refractivity contribution in [3.8, 4) is 17.0 Å². The van der Waals surface area contributed by atoms with Gasteiger partial charge in [-0.25, -0.2) is 9.36 Å². The Morgan fingerprint density at radius 1 is 1.15 bits per heavy atom. The third kappa shape index (κ3) is 6.24. The highest BCUT2D eigenvalue weighted by molar-refractivity contribution is 6.34. The summed E-state index contributed by atoms with van der Waals surface area (Å²) in [5.74, 6) is 0.198. The summed E-state index contributed by atoms with van der Waals surface area (Å²) in [7, 11) is 5.69. The fourth-order valence-corrected chi connectivity index (χ4v) is 5.55. The molecule has 2 heterocycles. The van der Waals surface area contributed by atoms with E-state index in [0.29, 0.717) is 51.8 Å². The molecule has 9 heteroatoms. The molecule has 8 nitrogen and oxygen atoms in total. The number of aromatic nitrogens is 1. The molecule has 1 amide bonds. The number of benzene rings is 2. The highest BCUT2D eigenvalue weighted by Gasteiger charge is 2.31. The Kier molecular flexibility index (Phi) is 8.03. The molecule has 0 unspecified atom stereocenters. The molecule has 39 heavy (non-hydrogen) atoms. The van der Waals surface area contributed by atoms with E-state index in [1.165, 1.54) is 11.7 Å². The summed E-state index contributed by atoms with van der Waals surface area (Å²) < 4.78 is 12.9. The average molecular weight is 555 g/mol. The lowest BCUT2D eigenvalue weighted by Crippen LogP contribution is -2.37. The fraction of sp³-hybridized carbons (Fsp3) is 0.467. The minimum Gasteiger partial charge on any atom is -0.495 e. The average Bonchev–Trinajstić information content (AvgIpc) is 3.38. The topological polar surface area (TPSA) is 84.8 Å². The lowest BCUT2D eigenvalue weighted by Gasteiger charge is -2.28. The quantitative estimate of drug-likeness (QED) is 0.373. The first-order chi connectivity index (χ1) is 18.2. The van der Waals surface area contributed by atoms with Gasteiger partial charge in [-0.1, -0.05) is 31.5 Å². The molecular weight excluding hydrogens is 516 g/mol. The molecule has 2 N–H and O–H groups in total. The molecule has 0 bridgehead atoms. The predicted molar refractivity (Wildman–Crippen MR) is 156 cm³/mol. The van der Waals surface area contributed by atoms with Crippen molar-refractivity contribution in [3.05, 3.63) is 52.0 Å². The van der Waals surface area contributed by atoms with Crippen molar-refractivity contribution in [1.82, 2.24) is 20.1 Å². The van der Waals surface area contributed by atoms with Crippen LogP contribution in [-0.4, -0.2) is 61.4 Å². The SMILES string of the molecule is COc1cc(-c2cc3cc(CNCC(C)(C)CN(C)C)ccc3n2C(=O)OC(C)(C)C)c2c(c1Cl)CNC2=O. The van der Waals surface area contributed by atoms with Gasteiger partial charge >= 0.3 is 6.09 Å². The van der Waals surface area contributed by atoms with Crippen LogP contribution in [0.2, 0.25) is 5.02 Å². The standard InChI is InChI=1S/C30H39ClN4O4/c1-29(2,3)39-28(37)35-22-10-9-18(14-32-16-30(4,5)17-34(6)7)11-19(22)12-23(35)20-13-24(38-8)26(31)21-15-33-27(36)25(20)21/h9-13,32H,14-17H2,1-8H3,(H,33,36). The second-order valence-corrected chi connectivity index (χ2v) is 12.6. The fourth-order valence-electron chi connectivity index (χ4n) is 5.26. The summed E-state index contributed by atoms with van der Waals surface area (Å²) in [5, 5.41) is 7.67. The Morgan fingerprint density at radius 3 is 2.51 bits per heavy atom. The Labute approximate surface area is 235 Å². The van der Waals surface area contributed by atoms with Gasteiger partial charge in [0, 0.05) is 42.7 Å². The van der Waals surface area contributed by atoms with Crippen molar-refractivity contribution < 1.29 is 19.1 Å². The molecule has 0 saturated carbocycles. The van der Waals surface area contributed by atoms with E-state index in [0.717, 1.165) is 24.0 Å². The van der Waals surface area contributed by atoms with Crippen molar-refractivity contribution in [2.24, 2.45) is 5.41 Å². The Hall–Kier alpha value is -3.07. The first kappa shape index (κ1) is 28.9. The number of hydrogen-bond donors (Lipinski definition) is 2. The molecule has 2 aromatic carbocycles. The smallest absolute Gasteiger partial charge is 0.419 e. The molecule has 4 rings (SSSR count). The van der Waals surface area contributed by atoms with Crippen LogP contribution in [0.15, 0.2) is 30.3 Å². The van der Waals surface area contributed by atoms with Crippen LogP contribution in [0.3, 0.4) is 0 Å². The number of ether oxygens (including phenoxy) is 2. The number of rotatable bonds is 8. The molecular formula is C30H39ClN4O4. The summed E-state index contributed by atoms with van der Waals surface area (Å²) in [6.07, 6.45) is -0.523. The van der Waals surface area contributed by atoms with Crippen LogP contribution in [0.25, 0.3) is 22.2 Å². The van der Waals surface area contributed by atoms with Gasteiger partial charge in [0.15, 0.2) is 0 Å². The van der Waals surface area contributed by atoms with Crippen molar-refractivity contribution >= 4 is 34.5 Å². The largest absolute Gasteiger partial charge is 0.495 e. The normalized spacial score (nSPS) is 13.6. The lowest BCUT2D eigenvalue weighted by molar-refractivity contribution is 0.0547. The Bertz CT molecular complexity index is 1420. The zero-order valence-corrected chi connectivity index (χ0v) is 24.9. The van der Waals surface area contributed by atoms with E-state index < -0.39 is 11.7 Å². The summed E-state index contributed by atoms with van der Waals surface area (Å²) in [6.45, 7) is 12.8. The molecule has 210 valence electrons. The van der Waals surface area contributed by atoms with Crippen molar-refractivity contribution in [2.45, 2.75) is 53.3 Å². The van der Waals surface area contributed by atoms with Gasteiger partial charge in [0.1, 0.15) is 11.4 Å². The minimum absolute atomic E-state index is 0.120. The van der Waals surface area contributed by atoms with Crippen molar-refractivity contribution in [1.29, 1.82) is 0 Å². The van der Waals surface area contributed by atoms with Gasteiger partial charge in [0.25, 0.3) is 5.91 Å². The zero-order chi connectivity index (χ0) is 28.7. The molecule has 1 aliphatic rings. The molecule has 1 aliphatic heterocycles. The monoisotopic (exact) mass is 554 g/mol. The maximum atomic E-state index is 13.6. The van der Waals surface area contributed by atoms with Crippen LogP contribution in [0.5, 0.6) is 5.75 Å². The van der Waals surface area contributed by atoms with Gasteiger partial charge in [-0.3, -0.25) is 4.79 Å². The number of hydrogen-bond acceptors (Lipinski definition) is 6. The van der Waals surface area contributed by atoms with Crippen LogP contribution in [0.4, 0.5) is 4.79 Å². The van der Waals surface area contributed by atoms with Gasteiger partial charge in [-0.2, -0.15) is 0 Å². The van der Waals surface area contributed by atoms with Gasteiger partial charge in [-0.15, -0.1) is 0 Å². The van der Waals surface area contributed by atoms with Gasteiger partial charge < -0.3 is 25.0 Å². The minimum atomic E-state index is -0.703. The van der Waals surface area contributed by atoms with Gasteiger partial charge in [-0.05, 0) is 70.1 Å². The molecule has 1 aromatic heterocycles. The number of methoxy groups -OCH3 is 1. The summed E-state index contributed by atoms with van der Waals surface area (Å²) in [5.41, 5.74) is 3.40. The second-order valence-electron chi connectivity index (χ2n) is 12.2. The first-order valence-corrected chi connectivity index (χ1v) is 13.5. The van der Waals surface area contributed by atoms with E-state index in [-0.39, 0.29) is 11.3 Å². The third-order valence-electron chi connectivity index (χ3n) is 6.60.